The number of benzene rings is 2. The van der Waals surface area contributed by atoms with Crippen LogP contribution in [0.4, 0.5) is 17.1 Å². The molecule has 4 rings (SSSR count). The Kier molecular flexibility index (Phi) is 6.92. The van der Waals surface area contributed by atoms with Crippen molar-refractivity contribution in [3.05, 3.63) is 47.0 Å². The average molecular weight is 499 g/mol. The van der Waals surface area contributed by atoms with E-state index in [-0.39, 0.29) is 29.3 Å². The van der Waals surface area contributed by atoms with Crippen LogP contribution in [0.3, 0.4) is 0 Å². The molecule has 0 spiro atoms. The highest BCUT2D eigenvalue weighted by Gasteiger charge is 2.42. The van der Waals surface area contributed by atoms with Crippen LogP contribution in [0.2, 0.25) is 0 Å². The molecule has 1 saturated heterocycles. The largest absolute Gasteiger partial charge is 0.358 e. The number of rotatable bonds is 7. The van der Waals surface area contributed by atoms with Gasteiger partial charge in [0.15, 0.2) is 0 Å². The quantitative estimate of drug-likeness (QED) is 0.630. The molecule has 35 heavy (non-hydrogen) atoms. The van der Waals surface area contributed by atoms with Crippen LogP contribution < -0.4 is 15.1 Å². The fourth-order valence-electron chi connectivity index (χ4n) is 5.31. The Hall–Kier alpha value is -2.91. The van der Waals surface area contributed by atoms with E-state index in [9.17, 15) is 18.0 Å². The minimum absolute atomic E-state index is 0.126. The molecule has 2 aliphatic heterocycles. The van der Waals surface area contributed by atoms with E-state index in [0.29, 0.717) is 25.2 Å². The van der Waals surface area contributed by atoms with Crippen molar-refractivity contribution in [1.82, 2.24) is 4.31 Å². The Morgan fingerprint density at radius 2 is 1.71 bits per heavy atom. The van der Waals surface area contributed by atoms with E-state index < -0.39 is 10.0 Å². The molecular weight excluding hydrogens is 464 g/mol. The number of sulfonamides is 1. The predicted molar refractivity (Wildman–Crippen MR) is 139 cm³/mol. The summed E-state index contributed by atoms with van der Waals surface area (Å²) in [4.78, 5) is 30.3. The second kappa shape index (κ2) is 9.62. The number of nitrogens with one attached hydrogen (secondary N) is 1. The first kappa shape index (κ1) is 25.2. The van der Waals surface area contributed by atoms with Crippen molar-refractivity contribution in [3.8, 4) is 0 Å². The van der Waals surface area contributed by atoms with E-state index in [1.807, 2.05) is 37.8 Å². The summed E-state index contributed by atoms with van der Waals surface area (Å²) in [6.07, 6.45) is 1.59. The average Bonchev–Trinajstić information content (AvgIpc) is 3.29. The molecule has 1 unspecified atom stereocenters. The van der Waals surface area contributed by atoms with E-state index in [1.165, 1.54) is 9.21 Å². The lowest BCUT2D eigenvalue weighted by atomic mass is 10.0. The van der Waals surface area contributed by atoms with Crippen LogP contribution in [-0.2, 0) is 19.6 Å². The maximum atomic E-state index is 13.5. The lowest BCUT2D eigenvalue weighted by Gasteiger charge is -2.39. The lowest BCUT2D eigenvalue weighted by Crippen LogP contribution is -2.52. The SMILES string of the molecule is CCN(CC)S(=O)(=O)c1ccc2c(c1)N(CC(=O)Nc1c(C)cc(C)cc1C)C(=O)C1CCCN21. The Labute approximate surface area is 207 Å². The van der Waals surface area contributed by atoms with E-state index in [1.54, 1.807) is 32.0 Å². The molecule has 2 aromatic carbocycles. The lowest BCUT2D eigenvalue weighted by molar-refractivity contribution is -0.122. The first-order chi connectivity index (χ1) is 16.6. The summed E-state index contributed by atoms with van der Waals surface area (Å²) in [7, 11) is -3.71. The van der Waals surface area contributed by atoms with Gasteiger partial charge >= 0.3 is 0 Å². The second-order valence-corrected chi connectivity index (χ2v) is 11.3. The molecule has 2 amide bonds. The topological polar surface area (TPSA) is 90.0 Å². The van der Waals surface area contributed by atoms with Crippen molar-refractivity contribution in [1.29, 1.82) is 0 Å². The van der Waals surface area contributed by atoms with E-state index in [2.05, 4.69) is 5.32 Å². The van der Waals surface area contributed by atoms with Crippen molar-refractivity contribution >= 4 is 38.9 Å². The van der Waals surface area contributed by atoms with Crippen molar-refractivity contribution in [3.63, 3.8) is 0 Å². The summed E-state index contributed by atoms with van der Waals surface area (Å²) in [6, 6.07) is 8.61. The number of hydrogen-bond donors (Lipinski definition) is 1. The fraction of sp³-hybridized carbons (Fsp3) is 0.462. The number of carbonyl (C=O) groups is 2. The van der Waals surface area contributed by atoms with Gasteiger partial charge in [-0.05, 0) is 62.9 Å². The Bertz CT molecular complexity index is 1250. The maximum Gasteiger partial charge on any atom is 0.250 e. The molecule has 0 aliphatic carbocycles. The van der Waals surface area contributed by atoms with Crippen molar-refractivity contribution in [2.24, 2.45) is 0 Å². The van der Waals surface area contributed by atoms with E-state index >= 15 is 0 Å². The Morgan fingerprint density at radius 3 is 2.34 bits per heavy atom. The minimum Gasteiger partial charge on any atom is -0.358 e. The zero-order chi connectivity index (χ0) is 25.5. The third kappa shape index (κ3) is 4.54. The zero-order valence-electron chi connectivity index (χ0n) is 21.1. The number of anilines is 3. The van der Waals surface area contributed by atoms with Gasteiger partial charge in [-0.1, -0.05) is 31.5 Å². The van der Waals surface area contributed by atoms with Gasteiger partial charge in [-0.2, -0.15) is 4.31 Å². The molecule has 0 saturated carbocycles. The molecule has 0 bridgehead atoms. The predicted octanol–water partition coefficient (Wildman–Crippen LogP) is 3.60. The van der Waals surface area contributed by atoms with Gasteiger partial charge in [-0.15, -0.1) is 0 Å². The molecule has 1 fully saturated rings. The Morgan fingerprint density at radius 1 is 1.06 bits per heavy atom. The highest BCUT2D eigenvalue weighted by Crippen LogP contribution is 2.41. The second-order valence-electron chi connectivity index (χ2n) is 9.34. The van der Waals surface area contributed by atoms with Gasteiger partial charge in [0.1, 0.15) is 12.6 Å². The summed E-state index contributed by atoms with van der Waals surface area (Å²) in [5.74, 6) is -0.484. The number of fused-ring (bicyclic) bond motifs is 3. The Balaban J connectivity index is 1.71. The van der Waals surface area contributed by atoms with Crippen LogP contribution in [-0.4, -0.2) is 56.8 Å². The van der Waals surface area contributed by atoms with Crippen LogP contribution in [0.5, 0.6) is 0 Å². The summed E-state index contributed by atoms with van der Waals surface area (Å²) in [5, 5.41) is 2.97. The first-order valence-electron chi connectivity index (χ1n) is 12.2. The van der Waals surface area contributed by atoms with Crippen molar-refractivity contribution in [2.45, 2.75) is 58.4 Å². The van der Waals surface area contributed by atoms with Crippen LogP contribution in [0.15, 0.2) is 35.2 Å². The molecule has 1 atom stereocenters. The smallest absolute Gasteiger partial charge is 0.250 e. The van der Waals surface area contributed by atoms with Gasteiger partial charge in [-0.3, -0.25) is 14.5 Å². The summed E-state index contributed by atoms with van der Waals surface area (Å²) < 4.78 is 27.8. The number of amides is 2. The number of nitrogens with zero attached hydrogens (tertiary/aromatic N) is 3. The third-order valence-electron chi connectivity index (χ3n) is 6.94. The molecule has 1 N–H and O–H groups in total. The van der Waals surface area contributed by atoms with Crippen molar-refractivity contribution < 1.29 is 18.0 Å². The van der Waals surface area contributed by atoms with Crippen LogP contribution in [0.25, 0.3) is 0 Å². The molecule has 0 aromatic heterocycles. The summed E-state index contributed by atoms with van der Waals surface area (Å²) in [5.41, 5.74) is 5.02. The molecule has 0 radical (unpaired) electrons. The molecule has 2 aliphatic rings. The van der Waals surface area contributed by atoms with E-state index in [0.717, 1.165) is 41.0 Å². The standard InChI is InChI=1S/C26H34N4O4S/c1-6-28(7-2)35(33,34)20-10-11-21-23(15-20)30(26(32)22-9-8-12-29(21)22)16-24(31)27-25-18(4)13-17(3)14-19(25)5/h10-11,13-15,22H,6-9,12,16H2,1-5H3,(H,27,31). The minimum atomic E-state index is -3.71. The maximum absolute atomic E-state index is 13.5. The molecule has 8 nitrogen and oxygen atoms in total. The number of hydrogen-bond acceptors (Lipinski definition) is 5. The van der Waals surface area contributed by atoms with Crippen molar-refractivity contribution in [2.75, 3.05) is 41.3 Å². The van der Waals surface area contributed by atoms with Gasteiger partial charge < -0.3 is 10.2 Å². The van der Waals surface area contributed by atoms with Gasteiger partial charge in [-0.25, -0.2) is 8.42 Å². The molecule has 188 valence electrons. The van der Waals surface area contributed by atoms with Crippen LogP contribution >= 0.6 is 0 Å². The number of carbonyl (C=O) groups excluding carboxylic acids is 2. The zero-order valence-corrected chi connectivity index (χ0v) is 21.9. The molecule has 9 heteroatoms. The highest BCUT2D eigenvalue weighted by atomic mass is 32.2. The van der Waals surface area contributed by atoms with Gasteiger partial charge in [0.05, 0.1) is 16.3 Å². The first-order valence-corrected chi connectivity index (χ1v) is 13.6. The van der Waals surface area contributed by atoms with E-state index in [4.69, 9.17) is 0 Å². The number of aryl methyl sites for hydroxylation is 3. The molecule has 2 aromatic rings. The summed E-state index contributed by atoms with van der Waals surface area (Å²) in [6.45, 7) is 10.7. The van der Waals surface area contributed by atoms with Crippen LogP contribution in [0.1, 0.15) is 43.4 Å². The fourth-order valence-corrected chi connectivity index (χ4v) is 6.79. The van der Waals surface area contributed by atoms with Crippen LogP contribution in [0, 0.1) is 20.8 Å². The van der Waals surface area contributed by atoms with Gasteiger partial charge in [0, 0.05) is 25.3 Å². The molecule has 2 heterocycles. The van der Waals surface area contributed by atoms with Gasteiger partial charge in [0.25, 0.3) is 0 Å². The van der Waals surface area contributed by atoms with Gasteiger partial charge in [0.2, 0.25) is 21.8 Å². The monoisotopic (exact) mass is 498 g/mol. The highest BCUT2D eigenvalue weighted by molar-refractivity contribution is 7.89. The third-order valence-corrected chi connectivity index (χ3v) is 8.98. The summed E-state index contributed by atoms with van der Waals surface area (Å²) >= 11 is 0. The molecular formula is C26H34N4O4S. The normalized spacial score (nSPS) is 17.5.